The maximum Gasteiger partial charge on any atom is 0.162 e. The molecule has 1 atom stereocenters. The molecule has 1 aromatic rings. The van der Waals surface area contributed by atoms with Crippen LogP contribution in [0.2, 0.25) is 0 Å². The molecule has 124 valence electrons. The first-order chi connectivity index (χ1) is 11.2. The Morgan fingerprint density at radius 1 is 1.13 bits per heavy atom. The van der Waals surface area contributed by atoms with Crippen LogP contribution < -0.4 is 4.74 Å². The van der Waals surface area contributed by atoms with Crippen LogP contribution in [0.4, 0.5) is 0 Å². The summed E-state index contributed by atoms with van der Waals surface area (Å²) in [5.74, 6) is 1.74. The molecule has 1 N–H and O–H groups in total. The molecule has 0 aromatic heterocycles. The largest absolute Gasteiger partial charge is 0.504 e. The highest BCUT2D eigenvalue weighted by molar-refractivity contribution is 6.01. The first-order valence-electron chi connectivity index (χ1n) is 8.81. The number of hydrogen-bond donors (Lipinski definition) is 1. The van der Waals surface area contributed by atoms with Gasteiger partial charge in [-0.1, -0.05) is 25.3 Å². The molecule has 2 saturated carbocycles. The third kappa shape index (κ3) is 3.60. The lowest BCUT2D eigenvalue weighted by Gasteiger charge is -2.32. The SMILES string of the molecule is COc1ccc(/C=C2\CCC[C@H](C3CCCCC3)C2=O)cc1O. The van der Waals surface area contributed by atoms with E-state index in [1.807, 2.05) is 12.1 Å². The van der Waals surface area contributed by atoms with Crippen molar-refractivity contribution in [3.63, 3.8) is 0 Å². The minimum atomic E-state index is 0.119. The van der Waals surface area contributed by atoms with Gasteiger partial charge in [0.25, 0.3) is 0 Å². The topological polar surface area (TPSA) is 46.5 Å². The molecule has 0 radical (unpaired) electrons. The molecule has 0 unspecified atom stereocenters. The van der Waals surface area contributed by atoms with Gasteiger partial charge in [-0.3, -0.25) is 4.79 Å². The van der Waals surface area contributed by atoms with E-state index in [1.54, 1.807) is 12.1 Å². The molecule has 0 saturated heterocycles. The van der Waals surface area contributed by atoms with Gasteiger partial charge >= 0.3 is 0 Å². The third-order valence-electron chi connectivity index (χ3n) is 5.38. The molecule has 0 bridgehead atoms. The number of hydrogen-bond acceptors (Lipinski definition) is 3. The summed E-state index contributed by atoms with van der Waals surface area (Å²) in [5, 5.41) is 9.90. The van der Waals surface area contributed by atoms with Crippen LogP contribution in [-0.4, -0.2) is 18.0 Å². The number of benzene rings is 1. The van der Waals surface area contributed by atoms with E-state index in [9.17, 15) is 9.90 Å². The first kappa shape index (κ1) is 16.1. The molecule has 3 nitrogen and oxygen atoms in total. The van der Waals surface area contributed by atoms with Crippen molar-refractivity contribution in [3.05, 3.63) is 29.3 Å². The fraction of sp³-hybridized carbons (Fsp3) is 0.550. The van der Waals surface area contributed by atoms with Crippen LogP contribution in [0.15, 0.2) is 23.8 Å². The fourth-order valence-corrected chi connectivity index (χ4v) is 4.13. The minimum absolute atomic E-state index is 0.119. The standard InChI is InChI=1S/C20H26O3/c1-23-19-11-10-14(13-18(19)21)12-16-8-5-9-17(20(16)22)15-6-3-2-4-7-15/h10-13,15,17,21H,2-9H2,1H3/b16-12+/t17-/m1/s1. The number of carbonyl (C=O) groups is 1. The third-order valence-corrected chi connectivity index (χ3v) is 5.38. The average molecular weight is 314 g/mol. The predicted octanol–water partition coefficient (Wildman–Crippen LogP) is 4.73. The summed E-state index contributed by atoms with van der Waals surface area (Å²) in [7, 11) is 1.53. The number of rotatable bonds is 3. The number of carbonyl (C=O) groups excluding carboxylic acids is 1. The second-order valence-electron chi connectivity index (χ2n) is 6.86. The zero-order valence-corrected chi connectivity index (χ0v) is 13.9. The van der Waals surface area contributed by atoms with Crippen LogP contribution in [-0.2, 0) is 4.79 Å². The number of Topliss-reactive ketones (excluding diaryl/α,β-unsaturated/α-hetero) is 1. The highest BCUT2D eigenvalue weighted by Gasteiger charge is 2.33. The smallest absolute Gasteiger partial charge is 0.162 e. The Bertz CT molecular complexity index is 597. The molecule has 2 fully saturated rings. The first-order valence-corrected chi connectivity index (χ1v) is 8.81. The van der Waals surface area contributed by atoms with E-state index in [0.717, 1.165) is 30.4 Å². The Kier molecular flexibility index (Phi) is 5.04. The van der Waals surface area contributed by atoms with Crippen molar-refractivity contribution in [1.29, 1.82) is 0 Å². The van der Waals surface area contributed by atoms with Gasteiger partial charge in [-0.15, -0.1) is 0 Å². The molecule has 1 aromatic carbocycles. The lowest BCUT2D eigenvalue weighted by Crippen LogP contribution is -2.30. The van der Waals surface area contributed by atoms with E-state index in [0.29, 0.717) is 17.5 Å². The molecule has 0 spiro atoms. The zero-order valence-electron chi connectivity index (χ0n) is 13.9. The minimum Gasteiger partial charge on any atom is -0.504 e. The summed E-state index contributed by atoms with van der Waals surface area (Å²) < 4.78 is 5.07. The zero-order chi connectivity index (χ0) is 16.2. The molecule has 2 aliphatic carbocycles. The molecule has 0 amide bonds. The van der Waals surface area contributed by atoms with Crippen LogP contribution in [0, 0.1) is 11.8 Å². The summed E-state index contributed by atoms with van der Waals surface area (Å²) in [5.41, 5.74) is 1.80. The van der Waals surface area contributed by atoms with E-state index in [4.69, 9.17) is 4.74 Å². The lowest BCUT2D eigenvalue weighted by molar-refractivity contribution is -0.122. The van der Waals surface area contributed by atoms with E-state index < -0.39 is 0 Å². The van der Waals surface area contributed by atoms with Gasteiger partial charge in [0.2, 0.25) is 0 Å². The quantitative estimate of drug-likeness (QED) is 0.820. The van der Waals surface area contributed by atoms with Crippen molar-refractivity contribution in [2.75, 3.05) is 7.11 Å². The molecule has 0 heterocycles. The van der Waals surface area contributed by atoms with Gasteiger partial charge in [0.1, 0.15) is 0 Å². The van der Waals surface area contributed by atoms with Crippen molar-refractivity contribution in [2.45, 2.75) is 51.4 Å². The Labute approximate surface area is 138 Å². The van der Waals surface area contributed by atoms with E-state index >= 15 is 0 Å². The van der Waals surface area contributed by atoms with Gasteiger partial charge in [-0.25, -0.2) is 0 Å². The van der Waals surface area contributed by atoms with E-state index in [1.165, 1.54) is 39.2 Å². The van der Waals surface area contributed by atoms with Crippen molar-refractivity contribution in [1.82, 2.24) is 0 Å². The predicted molar refractivity (Wildman–Crippen MR) is 91.6 cm³/mol. The molecule has 2 aliphatic rings. The van der Waals surface area contributed by atoms with Gasteiger partial charge in [0.15, 0.2) is 17.3 Å². The van der Waals surface area contributed by atoms with Gasteiger partial charge in [0.05, 0.1) is 7.11 Å². The monoisotopic (exact) mass is 314 g/mol. The summed E-state index contributed by atoms with van der Waals surface area (Å²) in [4.78, 5) is 12.9. The number of methoxy groups -OCH3 is 1. The molecule has 0 aliphatic heterocycles. The number of allylic oxidation sites excluding steroid dienone is 1. The lowest BCUT2D eigenvalue weighted by atomic mass is 9.71. The van der Waals surface area contributed by atoms with Gasteiger partial charge in [-0.05, 0) is 67.4 Å². The van der Waals surface area contributed by atoms with Crippen LogP contribution in [0.5, 0.6) is 11.5 Å². The molecule has 3 heteroatoms. The molecule has 3 rings (SSSR count). The van der Waals surface area contributed by atoms with Gasteiger partial charge in [-0.2, -0.15) is 0 Å². The number of ketones is 1. The summed E-state index contributed by atoms with van der Waals surface area (Å²) in [6.45, 7) is 0. The van der Waals surface area contributed by atoms with Crippen LogP contribution in [0.1, 0.15) is 56.9 Å². The second-order valence-corrected chi connectivity index (χ2v) is 6.86. The Hall–Kier alpha value is -1.77. The van der Waals surface area contributed by atoms with Crippen molar-refractivity contribution in [2.24, 2.45) is 11.8 Å². The maximum atomic E-state index is 12.9. The van der Waals surface area contributed by atoms with E-state index in [-0.39, 0.29) is 11.7 Å². The number of phenols is 1. The molecule has 23 heavy (non-hydrogen) atoms. The number of aromatic hydroxyl groups is 1. The Morgan fingerprint density at radius 2 is 1.91 bits per heavy atom. The van der Waals surface area contributed by atoms with Crippen molar-refractivity contribution in [3.8, 4) is 11.5 Å². The second kappa shape index (κ2) is 7.20. The van der Waals surface area contributed by atoms with Crippen molar-refractivity contribution < 1.29 is 14.6 Å². The highest BCUT2D eigenvalue weighted by Crippen LogP contribution is 2.38. The fourth-order valence-electron chi connectivity index (χ4n) is 4.13. The van der Waals surface area contributed by atoms with E-state index in [2.05, 4.69) is 0 Å². The summed E-state index contributed by atoms with van der Waals surface area (Å²) in [6.07, 6.45) is 11.3. The maximum absolute atomic E-state index is 12.9. The summed E-state index contributed by atoms with van der Waals surface area (Å²) >= 11 is 0. The molecular formula is C20H26O3. The van der Waals surface area contributed by atoms with Crippen LogP contribution in [0.25, 0.3) is 6.08 Å². The average Bonchev–Trinajstić information content (AvgIpc) is 2.58. The van der Waals surface area contributed by atoms with Crippen LogP contribution >= 0.6 is 0 Å². The Morgan fingerprint density at radius 3 is 2.61 bits per heavy atom. The van der Waals surface area contributed by atoms with Crippen molar-refractivity contribution >= 4 is 11.9 Å². The number of ether oxygens (including phenoxy) is 1. The van der Waals surface area contributed by atoms with Gasteiger partial charge < -0.3 is 9.84 Å². The van der Waals surface area contributed by atoms with Gasteiger partial charge in [0, 0.05) is 5.92 Å². The summed E-state index contributed by atoms with van der Waals surface area (Å²) in [6, 6.07) is 5.31. The Balaban J connectivity index is 1.78. The van der Waals surface area contributed by atoms with Crippen LogP contribution in [0.3, 0.4) is 0 Å². The number of phenolic OH excluding ortho intramolecular Hbond substituents is 1. The normalized spacial score (nSPS) is 24.8. The highest BCUT2D eigenvalue weighted by atomic mass is 16.5. The molecular weight excluding hydrogens is 288 g/mol.